The molecule has 0 fully saturated rings. The molecule has 0 aliphatic heterocycles. The first-order valence-electron chi connectivity index (χ1n) is 21.4. The molecular formula is C59H38N4. The van der Waals surface area contributed by atoms with Gasteiger partial charge in [0, 0.05) is 49.5 Å². The van der Waals surface area contributed by atoms with Crippen molar-refractivity contribution in [3.05, 3.63) is 231 Å². The van der Waals surface area contributed by atoms with Crippen molar-refractivity contribution in [2.24, 2.45) is 0 Å². The highest BCUT2D eigenvalue weighted by molar-refractivity contribution is 6.25. The lowest BCUT2D eigenvalue weighted by atomic mass is 9.98. The fraction of sp³-hybridized carbons (Fsp3) is 0. The molecule has 63 heavy (non-hydrogen) atoms. The first-order valence-corrected chi connectivity index (χ1v) is 21.4. The van der Waals surface area contributed by atoms with Crippen LogP contribution in [-0.4, -0.2) is 19.5 Å². The van der Waals surface area contributed by atoms with Crippen LogP contribution in [0.25, 0.3) is 117 Å². The molecule has 12 aromatic rings. The van der Waals surface area contributed by atoms with Crippen LogP contribution in [0, 0.1) is 0 Å². The Labute approximate surface area is 365 Å². The van der Waals surface area contributed by atoms with Gasteiger partial charge in [0.25, 0.3) is 0 Å². The maximum absolute atomic E-state index is 5.58. The van der Waals surface area contributed by atoms with E-state index in [-0.39, 0.29) is 0 Å². The highest BCUT2D eigenvalue weighted by Crippen LogP contribution is 2.43. The highest BCUT2D eigenvalue weighted by atomic mass is 15.0. The second-order valence-corrected chi connectivity index (χ2v) is 16.0. The Morgan fingerprint density at radius 3 is 1.41 bits per heavy atom. The fourth-order valence-corrected chi connectivity index (χ4v) is 9.10. The van der Waals surface area contributed by atoms with Gasteiger partial charge in [0.05, 0.1) is 33.6 Å². The fourth-order valence-electron chi connectivity index (χ4n) is 9.10. The summed E-state index contributed by atoms with van der Waals surface area (Å²) in [6.45, 7) is 0. The minimum absolute atomic E-state index is 0.664. The first-order chi connectivity index (χ1) is 31.2. The second kappa shape index (κ2) is 15.2. The van der Waals surface area contributed by atoms with Gasteiger partial charge in [-0.2, -0.15) is 0 Å². The maximum atomic E-state index is 5.58. The predicted molar refractivity (Wildman–Crippen MR) is 262 cm³/mol. The van der Waals surface area contributed by atoms with E-state index in [1.165, 1.54) is 11.1 Å². The lowest BCUT2D eigenvalue weighted by Gasteiger charge is -2.14. The molecule has 12 rings (SSSR count). The molecule has 4 heteroatoms. The largest absolute Gasteiger partial charge is 0.308 e. The van der Waals surface area contributed by atoms with Crippen molar-refractivity contribution in [1.82, 2.24) is 19.5 Å². The molecule has 0 N–H and O–H groups in total. The molecule has 0 saturated heterocycles. The second-order valence-electron chi connectivity index (χ2n) is 16.0. The molecule has 3 heterocycles. The number of para-hydroxylation sites is 2. The predicted octanol–water partition coefficient (Wildman–Crippen LogP) is 15.3. The maximum Gasteiger partial charge on any atom is 0.160 e. The van der Waals surface area contributed by atoms with E-state index in [4.69, 9.17) is 15.0 Å². The van der Waals surface area contributed by atoms with Gasteiger partial charge in [-0.25, -0.2) is 15.0 Å². The van der Waals surface area contributed by atoms with Gasteiger partial charge in [0.15, 0.2) is 5.82 Å². The van der Waals surface area contributed by atoms with Gasteiger partial charge in [-0.05, 0) is 51.9 Å². The first kappa shape index (κ1) is 36.4. The summed E-state index contributed by atoms with van der Waals surface area (Å²) in [6, 6.07) is 81.4. The summed E-state index contributed by atoms with van der Waals surface area (Å²) in [4.78, 5) is 16.1. The standard InChI is InChI=1S/C59H38N4/c1-4-14-39(15-5-1)41-24-28-44(29-25-41)52-38-53(45-30-26-42(27-31-45)40-16-6-2-7-17-40)61-59(60-52)47-34-32-46(33-35-47)56-55-50-22-12-13-23-54(50)63(48-19-8-3-9-20-48)58(55)51-37-36-43-18-10-11-21-49(43)57(51)62-56/h1-38H. The number of pyridine rings is 1. The van der Waals surface area contributed by atoms with Crippen molar-refractivity contribution in [2.75, 3.05) is 0 Å². The van der Waals surface area contributed by atoms with Crippen LogP contribution in [0.3, 0.4) is 0 Å². The third-order valence-electron chi connectivity index (χ3n) is 12.2. The van der Waals surface area contributed by atoms with Crippen LogP contribution in [0.2, 0.25) is 0 Å². The van der Waals surface area contributed by atoms with Crippen LogP contribution in [0.5, 0.6) is 0 Å². The topological polar surface area (TPSA) is 43.6 Å². The molecule has 0 aliphatic carbocycles. The molecule has 0 spiro atoms. The monoisotopic (exact) mass is 802 g/mol. The van der Waals surface area contributed by atoms with E-state index in [1.54, 1.807) is 0 Å². The van der Waals surface area contributed by atoms with Crippen molar-refractivity contribution >= 4 is 43.5 Å². The van der Waals surface area contributed by atoms with Crippen LogP contribution < -0.4 is 0 Å². The van der Waals surface area contributed by atoms with E-state index in [0.29, 0.717) is 5.82 Å². The van der Waals surface area contributed by atoms with E-state index in [1.807, 2.05) is 12.1 Å². The molecule has 0 saturated carbocycles. The van der Waals surface area contributed by atoms with E-state index < -0.39 is 0 Å². The zero-order valence-corrected chi connectivity index (χ0v) is 34.2. The Bertz CT molecular complexity index is 3520. The van der Waals surface area contributed by atoms with Gasteiger partial charge in [0.1, 0.15) is 0 Å². The van der Waals surface area contributed by atoms with Crippen molar-refractivity contribution in [3.8, 4) is 73.1 Å². The number of hydrogen-bond donors (Lipinski definition) is 0. The number of rotatable bonds is 7. The summed E-state index contributed by atoms with van der Waals surface area (Å²) in [7, 11) is 0. The van der Waals surface area contributed by atoms with Crippen LogP contribution in [0.4, 0.5) is 0 Å². The summed E-state index contributed by atoms with van der Waals surface area (Å²) >= 11 is 0. The van der Waals surface area contributed by atoms with Crippen molar-refractivity contribution in [3.63, 3.8) is 0 Å². The zero-order chi connectivity index (χ0) is 41.7. The Hall–Kier alpha value is -8.47. The quantitative estimate of drug-likeness (QED) is 0.151. The molecule has 0 amide bonds. The van der Waals surface area contributed by atoms with Gasteiger partial charge < -0.3 is 4.57 Å². The SMILES string of the molecule is c1ccc(-c2ccc(-c3cc(-c4ccc(-c5ccccc5)cc4)nc(-c4ccc(-c5nc6c7ccccc7ccc6c6c5c5ccccc5n6-c5ccccc5)cc4)n3)cc2)cc1. The van der Waals surface area contributed by atoms with Gasteiger partial charge >= 0.3 is 0 Å². The summed E-state index contributed by atoms with van der Waals surface area (Å²) in [5.41, 5.74) is 15.8. The van der Waals surface area contributed by atoms with Crippen molar-refractivity contribution in [1.29, 1.82) is 0 Å². The van der Waals surface area contributed by atoms with Gasteiger partial charge in [0.2, 0.25) is 0 Å². The van der Waals surface area contributed by atoms with Crippen LogP contribution in [0.15, 0.2) is 231 Å². The average molecular weight is 803 g/mol. The summed E-state index contributed by atoms with van der Waals surface area (Å²) < 4.78 is 2.40. The molecule has 294 valence electrons. The average Bonchev–Trinajstić information content (AvgIpc) is 3.72. The molecule has 0 unspecified atom stereocenters. The molecule has 0 bridgehead atoms. The van der Waals surface area contributed by atoms with Gasteiger partial charge in [-0.1, -0.05) is 206 Å². The lowest BCUT2D eigenvalue weighted by molar-refractivity contribution is 1.18. The molecule has 9 aromatic carbocycles. The van der Waals surface area contributed by atoms with Crippen molar-refractivity contribution < 1.29 is 0 Å². The number of fused-ring (bicyclic) bond motifs is 7. The third-order valence-corrected chi connectivity index (χ3v) is 12.2. The van der Waals surface area contributed by atoms with Crippen LogP contribution in [-0.2, 0) is 0 Å². The minimum atomic E-state index is 0.664. The highest BCUT2D eigenvalue weighted by Gasteiger charge is 2.22. The summed E-state index contributed by atoms with van der Waals surface area (Å²) in [5.74, 6) is 0.664. The third kappa shape index (κ3) is 6.44. The Kier molecular flexibility index (Phi) is 8.79. The van der Waals surface area contributed by atoms with E-state index in [2.05, 4.69) is 223 Å². The molecular weight excluding hydrogens is 765 g/mol. The van der Waals surface area contributed by atoms with Crippen LogP contribution in [0.1, 0.15) is 0 Å². The Balaban J connectivity index is 1.02. The molecule has 0 aliphatic rings. The summed E-state index contributed by atoms with van der Waals surface area (Å²) in [6.07, 6.45) is 0. The Morgan fingerprint density at radius 1 is 0.317 bits per heavy atom. The van der Waals surface area contributed by atoms with E-state index >= 15 is 0 Å². The van der Waals surface area contributed by atoms with E-state index in [0.717, 1.165) is 99.6 Å². The number of aromatic nitrogens is 4. The number of nitrogens with zero attached hydrogens (tertiary/aromatic N) is 4. The van der Waals surface area contributed by atoms with Gasteiger partial charge in [-0.15, -0.1) is 0 Å². The van der Waals surface area contributed by atoms with E-state index in [9.17, 15) is 0 Å². The zero-order valence-electron chi connectivity index (χ0n) is 34.2. The summed E-state index contributed by atoms with van der Waals surface area (Å²) in [5, 5.41) is 5.71. The number of hydrogen-bond acceptors (Lipinski definition) is 3. The minimum Gasteiger partial charge on any atom is -0.308 e. The molecule has 3 aromatic heterocycles. The molecule has 4 nitrogen and oxygen atoms in total. The van der Waals surface area contributed by atoms with Gasteiger partial charge in [-0.3, -0.25) is 0 Å². The normalized spacial score (nSPS) is 11.5. The van der Waals surface area contributed by atoms with Crippen LogP contribution >= 0.6 is 0 Å². The molecule has 0 atom stereocenters. The van der Waals surface area contributed by atoms with Crippen molar-refractivity contribution in [2.45, 2.75) is 0 Å². The smallest absolute Gasteiger partial charge is 0.160 e. The lowest BCUT2D eigenvalue weighted by Crippen LogP contribution is -1.97. The molecule has 0 radical (unpaired) electrons. The number of benzene rings is 9. The Morgan fingerprint density at radius 2 is 0.794 bits per heavy atom.